The van der Waals surface area contributed by atoms with E-state index in [1.54, 1.807) is 6.20 Å². The van der Waals surface area contributed by atoms with Gasteiger partial charge in [0.2, 0.25) is 5.91 Å². The van der Waals surface area contributed by atoms with Crippen LogP contribution in [0.2, 0.25) is 0 Å². The van der Waals surface area contributed by atoms with E-state index in [0.29, 0.717) is 11.1 Å². The van der Waals surface area contributed by atoms with E-state index < -0.39 is 11.9 Å². The third kappa shape index (κ3) is 4.11. The van der Waals surface area contributed by atoms with E-state index in [4.69, 9.17) is 5.73 Å². The maximum absolute atomic E-state index is 11.4. The molecule has 6 nitrogen and oxygen atoms in total. The van der Waals surface area contributed by atoms with Crippen LogP contribution in [0.25, 0.3) is 5.69 Å². The van der Waals surface area contributed by atoms with Crippen molar-refractivity contribution in [2.75, 3.05) is 5.75 Å². The first kappa shape index (κ1) is 16.1. The van der Waals surface area contributed by atoms with E-state index in [-0.39, 0.29) is 5.75 Å². The molecule has 2 rings (SSSR count). The summed E-state index contributed by atoms with van der Waals surface area (Å²) in [6.45, 7) is 4.29. The topological polar surface area (TPSA) is 90.0 Å². The number of carbonyl (C=O) groups excluding carboxylic acids is 2. The average Bonchev–Trinajstić information content (AvgIpc) is 2.93. The molecule has 1 heterocycles. The number of nitrogens with two attached hydrogens (primary N) is 1. The molecule has 1 aromatic carbocycles. The Bertz CT molecular complexity index is 664. The third-order valence-electron chi connectivity index (χ3n) is 3.04. The van der Waals surface area contributed by atoms with Crippen molar-refractivity contribution in [2.45, 2.75) is 24.9 Å². The minimum atomic E-state index is -0.849. The lowest BCUT2D eigenvalue weighted by Crippen LogP contribution is -2.36. The van der Waals surface area contributed by atoms with Crippen LogP contribution < -0.4 is 11.1 Å². The average molecular weight is 318 g/mol. The number of nitrogens with one attached hydrogen (secondary N) is 1. The number of amides is 3. The third-order valence-corrected chi connectivity index (χ3v) is 4.01. The fourth-order valence-corrected chi connectivity index (χ4v) is 2.69. The molecule has 0 saturated heterocycles. The van der Waals surface area contributed by atoms with E-state index in [2.05, 4.69) is 31.0 Å². The molecule has 0 unspecified atom stereocenters. The van der Waals surface area contributed by atoms with Gasteiger partial charge in [-0.15, -0.1) is 0 Å². The van der Waals surface area contributed by atoms with Crippen LogP contribution in [0.4, 0.5) is 4.79 Å². The lowest BCUT2D eigenvalue weighted by Gasteiger charge is -2.10. The summed E-state index contributed by atoms with van der Waals surface area (Å²) in [5, 5.41) is 2.70. The molecule has 116 valence electrons. The summed E-state index contributed by atoms with van der Waals surface area (Å²) >= 11 is 1.24. The van der Waals surface area contributed by atoms with Crippen LogP contribution in [0.15, 0.2) is 41.8 Å². The number of nitrogens with zero attached hydrogens (tertiary/aromatic N) is 2. The fraction of sp³-hybridized carbons (Fsp3) is 0.267. The van der Waals surface area contributed by atoms with Gasteiger partial charge in [-0.3, -0.25) is 14.7 Å². The number of carbonyl (C=O) groups is 2. The molecule has 0 aliphatic rings. The van der Waals surface area contributed by atoms with E-state index in [9.17, 15) is 9.59 Å². The molecule has 0 radical (unpaired) electrons. The molecule has 7 heteroatoms. The van der Waals surface area contributed by atoms with Gasteiger partial charge in [0.1, 0.15) is 0 Å². The normalized spacial score (nSPS) is 10.7. The van der Waals surface area contributed by atoms with Gasteiger partial charge in [-0.25, -0.2) is 9.78 Å². The Labute approximate surface area is 133 Å². The molecule has 22 heavy (non-hydrogen) atoms. The molecule has 0 aliphatic heterocycles. The van der Waals surface area contributed by atoms with Crippen molar-refractivity contribution in [3.63, 3.8) is 0 Å². The van der Waals surface area contributed by atoms with Crippen LogP contribution in [-0.4, -0.2) is 27.2 Å². The Hall–Kier alpha value is -2.28. The Kier molecular flexibility index (Phi) is 5.21. The molecule has 0 fully saturated rings. The Morgan fingerprint density at radius 2 is 2.00 bits per heavy atom. The van der Waals surface area contributed by atoms with Gasteiger partial charge in [0.05, 0.1) is 5.75 Å². The van der Waals surface area contributed by atoms with E-state index in [1.807, 2.05) is 28.2 Å². The van der Waals surface area contributed by atoms with Crippen LogP contribution >= 0.6 is 11.8 Å². The molecule has 0 spiro atoms. The Morgan fingerprint density at radius 3 is 2.59 bits per heavy atom. The number of imide groups is 1. The highest BCUT2D eigenvalue weighted by atomic mass is 32.2. The van der Waals surface area contributed by atoms with Crippen LogP contribution in [0.3, 0.4) is 0 Å². The van der Waals surface area contributed by atoms with Crippen LogP contribution in [0, 0.1) is 0 Å². The lowest BCUT2D eigenvalue weighted by molar-refractivity contribution is -0.117. The van der Waals surface area contributed by atoms with Gasteiger partial charge in [0, 0.05) is 18.1 Å². The predicted molar refractivity (Wildman–Crippen MR) is 86.1 cm³/mol. The summed E-state index contributed by atoms with van der Waals surface area (Å²) in [6, 6.07) is 7.34. The number of rotatable bonds is 5. The first-order valence-corrected chi connectivity index (χ1v) is 7.81. The standard InChI is InChI=1S/C15H18N4O2S/c1-10(2)11-3-5-12(6-4-11)19-8-7-17-15(19)22-9-13(20)18-14(16)21/h3-8,10H,9H2,1-2H3,(H3,16,18,20,21). The van der Waals surface area contributed by atoms with E-state index in [0.717, 1.165) is 5.69 Å². The minimum absolute atomic E-state index is 0.0734. The number of benzene rings is 1. The van der Waals surface area contributed by atoms with Gasteiger partial charge in [0.15, 0.2) is 5.16 Å². The number of aromatic nitrogens is 2. The number of hydrogen-bond acceptors (Lipinski definition) is 4. The summed E-state index contributed by atoms with van der Waals surface area (Å²) in [6.07, 6.45) is 3.50. The van der Waals surface area contributed by atoms with Crippen molar-refractivity contribution in [1.29, 1.82) is 0 Å². The first-order valence-electron chi connectivity index (χ1n) is 6.83. The van der Waals surface area contributed by atoms with Gasteiger partial charge in [-0.1, -0.05) is 37.7 Å². The van der Waals surface area contributed by atoms with Gasteiger partial charge in [-0.05, 0) is 23.6 Å². The molecule has 0 atom stereocenters. The van der Waals surface area contributed by atoms with Crippen LogP contribution in [-0.2, 0) is 4.79 Å². The highest BCUT2D eigenvalue weighted by Gasteiger charge is 2.10. The van der Waals surface area contributed by atoms with Gasteiger partial charge >= 0.3 is 6.03 Å². The van der Waals surface area contributed by atoms with Crippen molar-refractivity contribution in [3.8, 4) is 5.69 Å². The number of hydrogen-bond donors (Lipinski definition) is 2. The van der Waals surface area contributed by atoms with E-state index >= 15 is 0 Å². The minimum Gasteiger partial charge on any atom is -0.351 e. The lowest BCUT2D eigenvalue weighted by atomic mass is 10.0. The molecule has 0 bridgehead atoms. The molecule has 3 N–H and O–H groups in total. The summed E-state index contributed by atoms with van der Waals surface area (Å²) in [5.41, 5.74) is 7.14. The quantitative estimate of drug-likeness (QED) is 0.828. The zero-order valence-electron chi connectivity index (χ0n) is 12.4. The molecule has 0 aliphatic carbocycles. The highest BCUT2D eigenvalue weighted by molar-refractivity contribution is 7.99. The highest BCUT2D eigenvalue weighted by Crippen LogP contribution is 2.22. The van der Waals surface area contributed by atoms with Gasteiger partial charge in [-0.2, -0.15) is 0 Å². The first-order chi connectivity index (χ1) is 10.5. The maximum atomic E-state index is 11.4. The largest absolute Gasteiger partial charge is 0.351 e. The smallest absolute Gasteiger partial charge is 0.318 e. The fourth-order valence-electron chi connectivity index (χ4n) is 1.92. The molecule has 2 aromatic rings. The van der Waals surface area contributed by atoms with Crippen molar-refractivity contribution >= 4 is 23.7 Å². The van der Waals surface area contributed by atoms with Crippen molar-refractivity contribution < 1.29 is 9.59 Å². The maximum Gasteiger partial charge on any atom is 0.318 e. The number of imidazole rings is 1. The Morgan fingerprint density at radius 1 is 1.32 bits per heavy atom. The van der Waals surface area contributed by atoms with Crippen molar-refractivity contribution in [2.24, 2.45) is 5.73 Å². The van der Waals surface area contributed by atoms with E-state index in [1.165, 1.54) is 17.3 Å². The second kappa shape index (κ2) is 7.13. The molecular formula is C15H18N4O2S. The van der Waals surface area contributed by atoms with Gasteiger partial charge in [0.25, 0.3) is 0 Å². The van der Waals surface area contributed by atoms with Gasteiger partial charge < -0.3 is 5.73 Å². The van der Waals surface area contributed by atoms with Crippen molar-refractivity contribution in [3.05, 3.63) is 42.2 Å². The molecule has 0 saturated carbocycles. The number of urea groups is 1. The molecule has 1 aromatic heterocycles. The monoisotopic (exact) mass is 318 g/mol. The zero-order valence-corrected chi connectivity index (χ0v) is 13.3. The molecular weight excluding hydrogens is 300 g/mol. The number of primary amides is 1. The predicted octanol–water partition coefficient (Wildman–Crippen LogP) is 2.28. The SMILES string of the molecule is CC(C)c1ccc(-n2ccnc2SCC(=O)NC(N)=O)cc1. The summed E-state index contributed by atoms with van der Waals surface area (Å²) in [5.74, 6) is 0.106. The van der Waals surface area contributed by atoms with Crippen LogP contribution in [0.1, 0.15) is 25.3 Å². The summed E-state index contributed by atoms with van der Waals surface area (Å²) in [7, 11) is 0. The second-order valence-corrected chi connectivity index (χ2v) is 5.97. The summed E-state index contributed by atoms with van der Waals surface area (Å²) < 4.78 is 1.90. The van der Waals surface area contributed by atoms with Crippen molar-refractivity contribution in [1.82, 2.24) is 14.9 Å². The Balaban J connectivity index is 2.09. The van der Waals surface area contributed by atoms with Crippen LogP contribution in [0.5, 0.6) is 0 Å². The molecule has 3 amide bonds. The second-order valence-electron chi connectivity index (χ2n) is 5.03. The summed E-state index contributed by atoms with van der Waals surface area (Å²) in [4.78, 5) is 26.3. The number of thioether (sulfide) groups is 1. The zero-order chi connectivity index (χ0) is 16.1.